The fourth-order valence-electron chi connectivity index (χ4n) is 14.4. The third kappa shape index (κ3) is 8.78. The van der Waals surface area contributed by atoms with Crippen LogP contribution >= 0.6 is 0 Å². The maximum absolute atomic E-state index is 13.8. The Balaban J connectivity index is 0.000000154. The summed E-state index contributed by atoms with van der Waals surface area (Å²) in [7, 11) is 0. The molecule has 0 spiro atoms. The van der Waals surface area contributed by atoms with Crippen molar-refractivity contribution in [2.45, 2.75) is 40.8 Å². The number of para-hydroxylation sites is 8. The van der Waals surface area contributed by atoms with Gasteiger partial charge < -0.3 is 18.3 Å². The fraction of sp³-hybridized carbons (Fsp3) is 0.0732. The predicted molar refractivity (Wildman–Crippen MR) is 370 cm³/mol. The molecule has 0 aliphatic heterocycles. The van der Waals surface area contributed by atoms with Crippen LogP contribution in [-0.4, -0.2) is 18.3 Å². The summed E-state index contributed by atoms with van der Waals surface area (Å²) < 4.78 is 50.1. The van der Waals surface area contributed by atoms with Crippen molar-refractivity contribution in [3.8, 4) is 63.2 Å². The first-order valence-corrected chi connectivity index (χ1v) is 30.5. The van der Waals surface area contributed by atoms with Crippen LogP contribution in [0.2, 0.25) is 0 Å². The van der Waals surface area contributed by atoms with E-state index in [2.05, 4.69) is 160 Å². The molecule has 0 fully saturated rings. The number of rotatable bonds is 6. The zero-order valence-corrected chi connectivity index (χ0v) is 51.2. The van der Waals surface area contributed by atoms with Crippen LogP contribution in [0.3, 0.4) is 0 Å². The molecule has 0 unspecified atom stereocenters. The Hall–Kier alpha value is -12.4. The van der Waals surface area contributed by atoms with Crippen LogP contribution in [0.5, 0.6) is 0 Å². The van der Waals surface area contributed by atoms with Gasteiger partial charge in [-0.3, -0.25) is 0 Å². The lowest BCUT2D eigenvalue weighted by Crippen LogP contribution is -2.08. The van der Waals surface area contributed by atoms with Gasteiger partial charge in [0.15, 0.2) is 5.69 Å². The van der Waals surface area contributed by atoms with Gasteiger partial charge in [0.1, 0.15) is 23.3 Å². The highest BCUT2D eigenvalue weighted by Gasteiger charge is 2.33. The van der Waals surface area contributed by atoms with Crippen molar-refractivity contribution >= 4 is 92.9 Å². The number of aryl methyl sites for hydroxylation is 5. The largest absolute Gasteiger partial charge is 0.415 e. The van der Waals surface area contributed by atoms with E-state index < -0.39 is 11.7 Å². The maximum Gasteiger partial charge on any atom is 0.415 e. The highest BCUT2D eigenvalue weighted by atomic mass is 19.4. The molecule has 0 saturated heterocycles. The first kappa shape index (κ1) is 57.1. The van der Waals surface area contributed by atoms with Crippen molar-refractivity contribution < 1.29 is 13.2 Å². The van der Waals surface area contributed by atoms with Crippen molar-refractivity contribution in [1.82, 2.24) is 18.3 Å². The maximum atomic E-state index is 13.8. The van der Waals surface area contributed by atoms with Crippen LogP contribution in [-0.2, 0) is 6.18 Å². The highest BCUT2D eigenvalue weighted by molar-refractivity contribution is 6.15. The Morgan fingerprint density at radius 2 is 0.688 bits per heavy atom. The SMILES string of the molecule is Cc1cc(C#N)ccc1-c1ccc(-n2c3ccccc3c3cccc(C)c32)c(C#N)c1-n1c2ccccc2c2cccc(C)c21.[C-]#[N+]c1cc(C(F)(F)F)ccc1-c1ccc(-n2c3ccccc3c3cccc(C)c32)c(C#N)c1-n1c2ccccc2c2cccc(C)c21. The zero-order chi connectivity index (χ0) is 64.1. The number of fused-ring (bicyclic) bond motifs is 12. The molecule has 8 nitrogen and oxygen atoms in total. The van der Waals surface area contributed by atoms with E-state index in [1.54, 1.807) is 0 Å². The zero-order valence-electron chi connectivity index (χ0n) is 51.2. The number of nitriles is 3. The number of alkyl halides is 3. The molecule has 0 aliphatic carbocycles. The van der Waals surface area contributed by atoms with Gasteiger partial charge in [0.05, 0.1) is 85.1 Å². The lowest BCUT2D eigenvalue weighted by Gasteiger charge is -2.21. The quantitative estimate of drug-likeness (QED) is 0.155. The Morgan fingerprint density at radius 1 is 0.344 bits per heavy atom. The number of nitrogens with zero attached hydrogens (tertiary/aromatic N) is 8. The van der Waals surface area contributed by atoms with E-state index in [4.69, 9.17) is 6.57 Å². The van der Waals surface area contributed by atoms with Crippen LogP contribution in [0.4, 0.5) is 18.9 Å². The molecule has 0 saturated carbocycles. The van der Waals surface area contributed by atoms with Crippen LogP contribution < -0.4 is 0 Å². The molecular weight excluding hydrogens is 1150 g/mol. The van der Waals surface area contributed by atoms with E-state index in [-0.39, 0.29) is 5.69 Å². The minimum Gasteiger partial charge on any atom is -0.308 e. The Kier molecular flexibility index (Phi) is 13.5. The molecule has 0 amide bonds. The fourth-order valence-corrected chi connectivity index (χ4v) is 14.4. The van der Waals surface area contributed by atoms with Gasteiger partial charge in [-0.2, -0.15) is 29.0 Å². The van der Waals surface area contributed by atoms with E-state index in [0.29, 0.717) is 39.2 Å². The third-order valence-electron chi connectivity index (χ3n) is 18.4. The molecule has 16 aromatic rings. The molecule has 93 heavy (non-hydrogen) atoms. The van der Waals surface area contributed by atoms with Crippen molar-refractivity contribution in [2.75, 3.05) is 0 Å². The summed E-state index contributed by atoms with van der Waals surface area (Å²) in [5.74, 6) is 0. The molecular formula is C82H53F3N8. The van der Waals surface area contributed by atoms with Crippen molar-refractivity contribution in [2.24, 2.45) is 0 Å². The van der Waals surface area contributed by atoms with Gasteiger partial charge in [0.2, 0.25) is 0 Å². The van der Waals surface area contributed by atoms with Crippen LogP contribution in [0, 0.1) is 75.2 Å². The first-order chi connectivity index (χ1) is 45.2. The third-order valence-corrected chi connectivity index (χ3v) is 18.4. The van der Waals surface area contributed by atoms with E-state index in [9.17, 15) is 29.0 Å². The molecule has 0 bridgehead atoms. The smallest absolute Gasteiger partial charge is 0.308 e. The average Bonchev–Trinajstić information content (AvgIpc) is 1.62. The van der Waals surface area contributed by atoms with E-state index >= 15 is 0 Å². The highest BCUT2D eigenvalue weighted by Crippen LogP contribution is 2.48. The summed E-state index contributed by atoms with van der Waals surface area (Å²) in [5, 5.41) is 40.7. The summed E-state index contributed by atoms with van der Waals surface area (Å²) in [4.78, 5) is 3.56. The van der Waals surface area contributed by atoms with Crippen LogP contribution in [0.25, 0.3) is 137 Å². The topological polar surface area (TPSA) is 95.4 Å². The summed E-state index contributed by atoms with van der Waals surface area (Å²) >= 11 is 0. The molecule has 0 radical (unpaired) electrons. The minimum atomic E-state index is -4.61. The van der Waals surface area contributed by atoms with E-state index in [1.807, 2.05) is 128 Å². The van der Waals surface area contributed by atoms with Crippen molar-refractivity contribution in [1.29, 1.82) is 15.8 Å². The second-order valence-corrected chi connectivity index (χ2v) is 23.7. The molecule has 16 rings (SSSR count). The number of halogens is 3. The Morgan fingerprint density at radius 3 is 1.05 bits per heavy atom. The summed E-state index contributed by atoms with van der Waals surface area (Å²) in [6.07, 6.45) is -4.61. The van der Waals surface area contributed by atoms with Crippen LogP contribution in [0.15, 0.2) is 231 Å². The van der Waals surface area contributed by atoms with Crippen LogP contribution in [0.1, 0.15) is 50.1 Å². The van der Waals surface area contributed by atoms with Gasteiger partial charge in [-0.1, -0.05) is 176 Å². The van der Waals surface area contributed by atoms with Crippen molar-refractivity contribution in [3.63, 3.8) is 0 Å². The molecule has 4 heterocycles. The number of aromatic nitrogens is 4. The predicted octanol–water partition coefficient (Wildman–Crippen LogP) is 21.8. The number of hydrogen-bond acceptors (Lipinski definition) is 3. The van der Waals surface area contributed by atoms with Crippen molar-refractivity contribution in [3.05, 3.63) is 292 Å². The van der Waals surface area contributed by atoms with E-state index in [0.717, 1.165) is 150 Å². The minimum absolute atomic E-state index is 0.145. The van der Waals surface area contributed by atoms with Gasteiger partial charge in [-0.25, -0.2) is 4.85 Å². The monoisotopic (exact) mass is 1210 g/mol. The molecule has 0 atom stereocenters. The summed E-state index contributed by atoms with van der Waals surface area (Å²) in [5.41, 5.74) is 19.2. The standard InChI is InChI=1S/C41H25F3N4.C41H28N4/c1-24-10-8-14-30-28-12-4-6-16-35(28)47(38(24)30)37-21-20-32(27-19-18-26(41(42,43)44)22-34(27)46-3)40(33(37)23-45)48-36-17-7-5-13-29(36)31-15-9-11-25(2)39(31)48;1-25-10-8-14-32-30-12-4-6-16-36(30)44(39(25)32)38-21-20-34(29-19-18-28(23-42)22-27(29)3)41(35(38)24-43)45-37-17-7-5-13-31(37)33-15-9-11-26(2)40(33)45/h4-22H,1-2H3;4-22H,1-3H3. The molecule has 442 valence electrons. The van der Waals surface area contributed by atoms with Gasteiger partial charge in [-0.05, 0) is 134 Å². The Bertz CT molecular complexity index is 6060. The molecule has 4 aromatic heterocycles. The normalized spacial score (nSPS) is 11.6. The molecule has 12 aromatic carbocycles. The second-order valence-electron chi connectivity index (χ2n) is 23.7. The summed E-state index contributed by atoms with van der Waals surface area (Å²) in [6.45, 7) is 18.3. The molecule has 0 N–H and O–H groups in total. The lowest BCUT2D eigenvalue weighted by molar-refractivity contribution is -0.137. The number of hydrogen-bond donors (Lipinski definition) is 0. The van der Waals surface area contributed by atoms with Gasteiger partial charge in [-0.15, -0.1) is 0 Å². The van der Waals surface area contributed by atoms with Gasteiger partial charge in [0, 0.05) is 54.2 Å². The second kappa shape index (κ2) is 22.0. The molecule has 11 heteroatoms. The average molecular weight is 1210 g/mol. The van der Waals surface area contributed by atoms with Gasteiger partial charge >= 0.3 is 6.18 Å². The lowest BCUT2D eigenvalue weighted by atomic mass is 9.94. The van der Waals surface area contributed by atoms with E-state index in [1.165, 1.54) is 6.07 Å². The Labute approximate surface area is 533 Å². The summed E-state index contributed by atoms with van der Waals surface area (Å²) in [6, 6.07) is 82.2. The number of benzene rings is 12. The molecule has 0 aliphatic rings. The first-order valence-electron chi connectivity index (χ1n) is 30.5. The van der Waals surface area contributed by atoms with Gasteiger partial charge in [0.25, 0.3) is 0 Å².